The summed E-state index contributed by atoms with van der Waals surface area (Å²) in [5, 5.41) is 12.2. The van der Waals surface area contributed by atoms with Crippen LogP contribution in [0.4, 0.5) is 5.95 Å². The number of nitrogens with zero attached hydrogens (tertiary/aromatic N) is 5. The number of hydrogen-bond acceptors (Lipinski definition) is 7. The normalized spacial score (nSPS) is 14.4. The van der Waals surface area contributed by atoms with Crippen LogP contribution >= 0.6 is 0 Å². The first kappa shape index (κ1) is 29.2. The number of aromatic nitrogens is 2. The highest BCUT2D eigenvalue weighted by Gasteiger charge is 2.23. The number of rotatable bonds is 11. The van der Waals surface area contributed by atoms with Gasteiger partial charge >= 0.3 is 5.97 Å². The summed E-state index contributed by atoms with van der Waals surface area (Å²) in [6.45, 7) is 5.69. The summed E-state index contributed by atoms with van der Waals surface area (Å²) in [7, 11) is 5.56. The molecule has 1 aliphatic rings. The third kappa shape index (κ3) is 6.85. The number of anilines is 1. The molecule has 1 saturated heterocycles. The summed E-state index contributed by atoms with van der Waals surface area (Å²) in [5.74, 6) is -1.40. The molecule has 0 unspecified atom stereocenters. The van der Waals surface area contributed by atoms with Gasteiger partial charge in [-0.25, -0.2) is 9.78 Å². The lowest BCUT2D eigenvalue weighted by atomic mass is 10.1. The Balaban J connectivity index is 1.75. The molecule has 2 amide bonds. The van der Waals surface area contributed by atoms with Gasteiger partial charge in [-0.1, -0.05) is 12.5 Å². The third-order valence-corrected chi connectivity index (χ3v) is 7.22. The van der Waals surface area contributed by atoms with Crippen LogP contribution in [0.15, 0.2) is 36.4 Å². The summed E-state index contributed by atoms with van der Waals surface area (Å²) in [6, 6.07) is 9.81. The van der Waals surface area contributed by atoms with E-state index in [9.17, 15) is 19.5 Å². The second-order valence-corrected chi connectivity index (χ2v) is 10.6. The van der Waals surface area contributed by atoms with Gasteiger partial charge in [-0.3, -0.25) is 19.8 Å². The lowest BCUT2D eigenvalue weighted by molar-refractivity contribution is 0.0696. The van der Waals surface area contributed by atoms with Crippen LogP contribution in [0.3, 0.4) is 0 Å². The quantitative estimate of drug-likeness (QED) is 0.311. The van der Waals surface area contributed by atoms with Crippen molar-refractivity contribution >= 4 is 34.8 Å². The second kappa shape index (κ2) is 13.0. The van der Waals surface area contributed by atoms with E-state index < -0.39 is 11.9 Å². The van der Waals surface area contributed by atoms with Gasteiger partial charge in [0.05, 0.1) is 22.2 Å². The van der Waals surface area contributed by atoms with E-state index in [0.29, 0.717) is 42.2 Å². The van der Waals surface area contributed by atoms with Gasteiger partial charge in [0.25, 0.3) is 11.8 Å². The molecule has 0 atom stereocenters. The Bertz CT molecular complexity index is 1380. The van der Waals surface area contributed by atoms with E-state index in [1.54, 1.807) is 25.1 Å². The maximum atomic E-state index is 13.4. The van der Waals surface area contributed by atoms with Crippen molar-refractivity contribution in [3.63, 3.8) is 0 Å². The Kier molecular flexibility index (Phi) is 9.51. The SMILES string of the molecule is CN1CCN(Cc2cc(C(=O)N(C)C)c3c(c2)nc(NC(=O)c2cccc(C(=O)O)c2)n3CCCCCN)CC1. The number of imidazole rings is 1. The standard InChI is InChI=1S/C29H39N7O4/c1-33(2)27(38)23-16-20(19-35-14-12-34(3)13-15-35)17-24-25(23)36(11-6-4-5-10-30)29(31-24)32-26(37)21-8-7-9-22(18-21)28(39)40/h7-9,16-18H,4-6,10-15,19,30H2,1-3H3,(H,39,40)(H,31,32,37). The minimum absolute atomic E-state index is 0.0235. The molecule has 0 spiro atoms. The number of aryl methyl sites for hydroxylation is 1. The van der Waals surface area contributed by atoms with Crippen molar-refractivity contribution in [2.75, 3.05) is 59.2 Å². The predicted molar refractivity (Wildman–Crippen MR) is 155 cm³/mol. The molecule has 4 N–H and O–H groups in total. The van der Waals surface area contributed by atoms with Crippen LogP contribution in [-0.2, 0) is 13.1 Å². The van der Waals surface area contributed by atoms with Crippen LogP contribution in [0.5, 0.6) is 0 Å². The first-order valence-electron chi connectivity index (χ1n) is 13.7. The van der Waals surface area contributed by atoms with Gasteiger partial charge in [0, 0.05) is 58.9 Å². The van der Waals surface area contributed by atoms with E-state index in [1.807, 2.05) is 16.7 Å². The Morgan fingerprint density at radius 1 is 1.02 bits per heavy atom. The zero-order valence-electron chi connectivity index (χ0n) is 23.5. The minimum atomic E-state index is -1.11. The number of amides is 2. The number of likely N-dealkylation sites (N-methyl/N-ethyl adjacent to an activating group) is 1. The maximum Gasteiger partial charge on any atom is 0.335 e. The number of carbonyl (C=O) groups is 3. The van der Waals surface area contributed by atoms with Crippen molar-refractivity contribution in [3.05, 3.63) is 58.7 Å². The molecule has 1 aromatic heterocycles. The summed E-state index contributed by atoms with van der Waals surface area (Å²) in [5.41, 5.74) is 8.75. The van der Waals surface area contributed by atoms with Crippen LogP contribution in [0.1, 0.15) is 55.9 Å². The molecule has 2 heterocycles. The summed E-state index contributed by atoms with van der Waals surface area (Å²) in [6.07, 6.45) is 2.55. The van der Waals surface area contributed by atoms with Crippen molar-refractivity contribution in [3.8, 4) is 0 Å². The molecule has 11 nitrogen and oxygen atoms in total. The van der Waals surface area contributed by atoms with E-state index in [1.165, 1.54) is 18.2 Å². The van der Waals surface area contributed by atoms with Crippen molar-refractivity contribution in [2.45, 2.75) is 32.4 Å². The summed E-state index contributed by atoms with van der Waals surface area (Å²) in [4.78, 5) is 49.1. The van der Waals surface area contributed by atoms with Gasteiger partial charge in [0.15, 0.2) is 0 Å². The molecule has 2 aromatic carbocycles. The van der Waals surface area contributed by atoms with Gasteiger partial charge in [-0.2, -0.15) is 0 Å². The smallest absolute Gasteiger partial charge is 0.335 e. The average Bonchev–Trinajstić information content (AvgIpc) is 3.28. The molecule has 1 fully saturated rings. The van der Waals surface area contributed by atoms with Crippen LogP contribution in [-0.4, -0.2) is 101 Å². The lowest BCUT2D eigenvalue weighted by Crippen LogP contribution is -2.43. The highest BCUT2D eigenvalue weighted by molar-refractivity contribution is 6.08. The Morgan fingerprint density at radius 2 is 1.75 bits per heavy atom. The lowest BCUT2D eigenvalue weighted by Gasteiger charge is -2.32. The van der Waals surface area contributed by atoms with Gasteiger partial charge in [0.2, 0.25) is 5.95 Å². The fourth-order valence-corrected chi connectivity index (χ4v) is 4.96. The highest BCUT2D eigenvalue weighted by atomic mass is 16.4. The van der Waals surface area contributed by atoms with Crippen molar-refractivity contribution in [1.82, 2.24) is 24.3 Å². The number of benzene rings is 2. The zero-order chi connectivity index (χ0) is 28.8. The molecular formula is C29H39N7O4. The molecule has 3 aromatic rings. The molecule has 0 saturated carbocycles. The minimum Gasteiger partial charge on any atom is -0.478 e. The van der Waals surface area contributed by atoms with E-state index in [2.05, 4.69) is 22.2 Å². The molecular weight excluding hydrogens is 510 g/mol. The summed E-state index contributed by atoms with van der Waals surface area (Å²) >= 11 is 0. The molecule has 1 aliphatic heterocycles. The monoisotopic (exact) mass is 549 g/mol. The van der Waals surface area contributed by atoms with Crippen LogP contribution < -0.4 is 11.1 Å². The number of carboxylic acid groups (broad SMARTS) is 1. The van der Waals surface area contributed by atoms with E-state index >= 15 is 0 Å². The molecule has 11 heteroatoms. The number of carbonyl (C=O) groups excluding carboxylic acids is 2. The first-order valence-corrected chi connectivity index (χ1v) is 13.7. The number of piperazine rings is 1. The third-order valence-electron chi connectivity index (χ3n) is 7.22. The topological polar surface area (TPSA) is 137 Å². The molecule has 40 heavy (non-hydrogen) atoms. The number of unbranched alkanes of at least 4 members (excludes halogenated alkanes) is 2. The predicted octanol–water partition coefficient (Wildman–Crippen LogP) is 2.57. The van der Waals surface area contributed by atoms with Gasteiger partial charge in [0.1, 0.15) is 0 Å². The fourth-order valence-electron chi connectivity index (χ4n) is 4.96. The highest BCUT2D eigenvalue weighted by Crippen LogP contribution is 2.28. The molecule has 0 bridgehead atoms. The Hall–Kier alpha value is -3.80. The van der Waals surface area contributed by atoms with Crippen LogP contribution in [0, 0.1) is 0 Å². The Labute approximate surface area is 234 Å². The number of nitrogens with two attached hydrogens (primary N) is 1. The average molecular weight is 550 g/mol. The van der Waals surface area contributed by atoms with Crippen molar-refractivity contribution in [1.29, 1.82) is 0 Å². The van der Waals surface area contributed by atoms with Gasteiger partial charge in [-0.15, -0.1) is 0 Å². The fraction of sp³-hybridized carbons (Fsp3) is 0.448. The number of hydrogen-bond donors (Lipinski definition) is 3. The first-order chi connectivity index (χ1) is 19.2. The zero-order valence-corrected chi connectivity index (χ0v) is 23.5. The van der Waals surface area contributed by atoms with Crippen molar-refractivity contribution in [2.24, 2.45) is 5.73 Å². The number of fused-ring (bicyclic) bond motifs is 1. The second-order valence-electron chi connectivity index (χ2n) is 10.6. The van der Waals surface area contributed by atoms with E-state index in [-0.39, 0.29) is 17.0 Å². The number of nitrogens with one attached hydrogen (secondary N) is 1. The van der Waals surface area contributed by atoms with E-state index in [0.717, 1.165) is 51.0 Å². The molecule has 0 radical (unpaired) electrons. The van der Waals surface area contributed by atoms with Gasteiger partial charge < -0.3 is 25.2 Å². The summed E-state index contributed by atoms with van der Waals surface area (Å²) < 4.78 is 1.89. The van der Waals surface area contributed by atoms with Gasteiger partial charge in [-0.05, 0) is 62.3 Å². The maximum absolute atomic E-state index is 13.4. The number of aromatic carboxylic acids is 1. The molecule has 214 valence electrons. The largest absolute Gasteiger partial charge is 0.478 e. The molecule has 0 aliphatic carbocycles. The molecule has 4 rings (SSSR count). The van der Waals surface area contributed by atoms with Crippen LogP contribution in [0.25, 0.3) is 11.0 Å². The van der Waals surface area contributed by atoms with E-state index in [4.69, 9.17) is 10.7 Å². The van der Waals surface area contributed by atoms with Crippen LogP contribution in [0.2, 0.25) is 0 Å². The van der Waals surface area contributed by atoms with Crippen molar-refractivity contribution < 1.29 is 19.5 Å². The Morgan fingerprint density at radius 3 is 2.42 bits per heavy atom. The number of carboxylic acids is 1.